The molecule has 104 valence electrons. The minimum atomic E-state index is -0.386. The molecule has 1 aliphatic rings. The predicted octanol–water partition coefficient (Wildman–Crippen LogP) is 2.42. The second-order valence-electron chi connectivity index (χ2n) is 5.15. The van der Waals surface area contributed by atoms with Gasteiger partial charge in [-0.3, -0.25) is 4.79 Å². The van der Waals surface area contributed by atoms with Crippen molar-refractivity contribution in [3.8, 4) is 0 Å². The van der Waals surface area contributed by atoms with Crippen LogP contribution in [-0.4, -0.2) is 39.6 Å². The summed E-state index contributed by atoms with van der Waals surface area (Å²) in [6, 6.07) is 3.49. The average molecular weight is 283 g/mol. The summed E-state index contributed by atoms with van der Waals surface area (Å²) < 4.78 is 0. The van der Waals surface area contributed by atoms with Gasteiger partial charge in [-0.05, 0) is 45.2 Å². The first-order valence-corrected chi connectivity index (χ1v) is 6.99. The molecular formula is C14H19ClN2O2. The van der Waals surface area contributed by atoms with Gasteiger partial charge in [-0.15, -0.1) is 0 Å². The van der Waals surface area contributed by atoms with E-state index in [9.17, 15) is 9.90 Å². The fourth-order valence-corrected chi connectivity index (χ4v) is 2.84. The van der Waals surface area contributed by atoms with Gasteiger partial charge in [0.1, 0.15) is 5.15 Å². The summed E-state index contributed by atoms with van der Waals surface area (Å²) in [7, 11) is 0. The van der Waals surface area contributed by atoms with Gasteiger partial charge in [0.15, 0.2) is 0 Å². The lowest BCUT2D eigenvalue weighted by molar-refractivity contribution is 0.0681. The van der Waals surface area contributed by atoms with Crippen molar-refractivity contribution >= 4 is 17.5 Å². The standard InChI is InChI=1S/C14H19ClN2O2/c1-9(18)8-11-4-3-7-17(11)14(19)12-5-6-13(15)16-10(12)2/h5-6,9,11,18H,3-4,7-8H2,1-2H3. The molecule has 0 aromatic carbocycles. The van der Waals surface area contributed by atoms with E-state index in [1.54, 1.807) is 26.0 Å². The van der Waals surface area contributed by atoms with Crippen molar-refractivity contribution in [1.82, 2.24) is 9.88 Å². The van der Waals surface area contributed by atoms with Crippen molar-refractivity contribution in [1.29, 1.82) is 0 Å². The minimum absolute atomic E-state index is 0.00943. The molecule has 1 amide bonds. The summed E-state index contributed by atoms with van der Waals surface area (Å²) in [5.41, 5.74) is 1.25. The lowest BCUT2D eigenvalue weighted by Crippen LogP contribution is -2.37. The molecule has 2 rings (SSSR count). The van der Waals surface area contributed by atoms with Crippen molar-refractivity contribution in [3.63, 3.8) is 0 Å². The Labute approximate surface area is 118 Å². The molecule has 19 heavy (non-hydrogen) atoms. The van der Waals surface area contributed by atoms with E-state index < -0.39 is 0 Å². The zero-order chi connectivity index (χ0) is 14.0. The highest BCUT2D eigenvalue weighted by Gasteiger charge is 2.30. The normalized spacial score (nSPS) is 20.6. The van der Waals surface area contributed by atoms with Crippen LogP contribution in [-0.2, 0) is 0 Å². The number of aryl methyl sites for hydroxylation is 1. The molecule has 0 aliphatic carbocycles. The highest BCUT2D eigenvalue weighted by atomic mass is 35.5. The molecule has 1 saturated heterocycles. The molecule has 1 aromatic rings. The number of nitrogens with zero attached hydrogens (tertiary/aromatic N) is 2. The quantitative estimate of drug-likeness (QED) is 0.866. The molecule has 2 heterocycles. The van der Waals surface area contributed by atoms with Crippen molar-refractivity contribution in [2.75, 3.05) is 6.54 Å². The van der Waals surface area contributed by atoms with E-state index in [0.29, 0.717) is 22.8 Å². The Morgan fingerprint density at radius 1 is 1.63 bits per heavy atom. The van der Waals surface area contributed by atoms with Gasteiger partial charge in [-0.1, -0.05) is 11.6 Å². The molecule has 2 unspecified atom stereocenters. The molecule has 0 saturated carbocycles. The number of hydrogen-bond acceptors (Lipinski definition) is 3. The number of halogens is 1. The van der Waals surface area contributed by atoms with Gasteiger partial charge in [0, 0.05) is 12.6 Å². The highest BCUT2D eigenvalue weighted by molar-refractivity contribution is 6.29. The zero-order valence-electron chi connectivity index (χ0n) is 11.3. The topological polar surface area (TPSA) is 53.4 Å². The van der Waals surface area contributed by atoms with E-state index in [0.717, 1.165) is 19.4 Å². The third kappa shape index (κ3) is 3.25. The minimum Gasteiger partial charge on any atom is -0.393 e. The van der Waals surface area contributed by atoms with Crippen LogP contribution >= 0.6 is 11.6 Å². The van der Waals surface area contributed by atoms with Crippen LogP contribution in [0.1, 0.15) is 42.2 Å². The Morgan fingerprint density at radius 2 is 2.37 bits per heavy atom. The summed E-state index contributed by atoms with van der Waals surface area (Å²) >= 11 is 5.81. The van der Waals surface area contributed by atoms with Gasteiger partial charge in [0.25, 0.3) is 5.91 Å². The summed E-state index contributed by atoms with van der Waals surface area (Å²) in [5, 5.41) is 9.91. The molecule has 4 nitrogen and oxygen atoms in total. The molecule has 0 radical (unpaired) electrons. The lowest BCUT2D eigenvalue weighted by atomic mass is 10.1. The molecule has 1 fully saturated rings. The number of carbonyl (C=O) groups is 1. The number of rotatable bonds is 3. The summed E-state index contributed by atoms with van der Waals surface area (Å²) in [6.45, 7) is 4.30. The molecule has 5 heteroatoms. The number of hydrogen-bond donors (Lipinski definition) is 1. The summed E-state index contributed by atoms with van der Waals surface area (Å²) in [5.74, 6) is -0.00943. The molecule has 0 bridgehead atoms. The first-order chi connectivity index (χ1) is 8.99. The van der Waals surface area contributed by atoms with E-state index in [4.69, 9.17) is 11.6 Å². The van der Waals surface area contributed by atoms with Crippen LogP contribution in [0, 0.1) is 6.92 Å². The number of aliphatic hydroxyl groups excluding tert-OH is 1. The van der Waals surface area contributed by atoms with E-state index in [-0.39, 0.29) is 18.1 Å². The van der Waals surface area contributed by atoms with Crippen LogP contribution in [0.15, 0.2) is 12.1 Å². The van der Waals surface area contributed by atoms with Gasteiger partial charge in [0.2, 0.25) is 0 Å². The number of aliphatic hydroxyl groups is 1. The maximum atomic E-state index is 12.5. The smallest absolute Gasteiger partial charge is 0.255 e. The number of amides is 1. The third-order valence-corrected chi connectivity index (χ3v) is 3.74. The Kier molecular flexibility index (Phi) is 4.42. The zero-order valence-corrected chi connectivity index (χ0v) is 12.0. The predicted molar refractivity (Wildman–Crippen MR) is 74.3 cm³/mol. The third-order valence-electron chi connectivity index (χ3n) is 3.53. The van der Waals surface area contributed by atoms with Crippen LogP contribution < -0.4 is 0 Å². The second kappa shape index (κ2) is 5.88. The number of carbonyl (C=O) groups excluding carboxylic acids is 1. The number of likely N-dealkylation sites (tertiary alicyclic amines) is 1. The van der Waals surface area contributed by atoms with Crippen molar-refractivity contribution < 1.29 is 9.90 Å². The Bertz CT molecular complexity index is 477. The van der Waals surface area contributed by atoms with Gasteiger partial charge in [-0.2, -0.15) is 0 Å². The van der Waals surface area contributed by atoms with Crippen LogP contribution in [0.4, 0.5) is 0 Å². The molecule has 1 aromatic heterocycles. The largest absolute Gasteiger partial charge is 0.393 e. The summed E-state index contributed by atoms with van der Waals surface area (Å²) in [4.78, 5) is 18.5. The van der Waals surface area contributed by atoms with E-state index in [1.165, 1.54) is 0 Å². The Balaban J connectivity index is 2.18. The Hall–Kier alpha value is -1.13. The highest BCUT2D eigenvalue weighted by Crippen LogP contribution is 2.24. The van der Waals surface area contributed by atoms with Gasteiger partial charge in [-0.25, -0.2) is 4.98 Å². The van der Waals surface area contributed by atoms with Crippen LogP contribution in [0.2, 0.25) is 5.15 Å². The fourth-order valence-electron chi connectivity index (χ4n) is 2.65. The number of pyridine rings is 1. The molecule has 0 spiro atoms. The fraction of sp³-hybridized carbons (Fsp3) is 0.571. The SMILES string of the molecule is Cc1nc(Cl)ccc1C(=O)N1CCCC1CC(C)O. The van der Waals surface area contributed by atoms with Gasteiger partial charge < -0.3 is 10.0 Å². The second-order valence-corrected chi connectivity index (χ2v) is 5.53. The monoisotopic (exact) mass is 282 g/mol. The Morgan fingerprint density at radius 3 is 3.00 bits per heavy atom. The van der Waals surface area contributed by atoms with Crippen molar-refractivity contribution in [2.24, 2.45) is 0 Å². The maximum Gasteiger partial charge on any atom is 0.255 e. The lowest BCUT2D eigenvalue weighted by Gasteiger charge is -2.26. The van der Waals surface area contributed by atoms with Gasteiger partial charge in [0.05, 0.1) is 17.4 Å². The summed E-state index contributed by atoms with van der Waals surface area (Å²) in [6.07, 6.45) is 2.19. The van der Waals surface area contributed by atoms with Crippen LogP contribution in [0.25, 0.3) is 0 Å². The van der Waals surface area contributed by atoms with Crippen LogP contribution in [0.3, 0.4) is 0 Å². The molecule has 1 aliphatic heterocycles. The first kappa shape index (κ1) is 14.3. The van der Waals surface area contributed by atoms with E-state index in [1.807, 2.05) is 4.90 Å². The van der Waals surface area contributed by atoms with Crippen molar-refractivity contribution in [2.45, 2.75) is 45.3 Å². The molecule has 1 N–H and O–H groups in total. The van der Waals surface area contributed by atoms with E-state index in [2.05, 4.69) is 4.98 Å². The average Bonchev–Trinajstić information content (AvgIpc) is 2.75. The van der Waals surface area contributed by atoms with Gasteiger partial charge >= 0.3 is 0 Å². The van der Waals surface area contributed by atoms with Crippen LogP contribution in [0.5, 0.6) is 0 Å². The number of aromatic nitrogens is 1. The maximum absolute atomic E-state index is 12.5. The molecule has 2 atom stereocenters. The van der Waals surface area contributed by atoms with Crippen molar-refractivity contribution in [3.05, 3.63) is 28.5 Å². The molecular weight excluding hydrogens is 264 g/mol. The van der Waals surface area contributed by atoms with E-state index >= 15 is 0 Å². The first-order valence-electron chi connectivity index (χ1n) is 6.61.